The Hall–Kier alpha value is -1.13. The van der Waals surface area contributed by atoms with Crippen molar-refractivity contribution in [3.63, 3.8) is 0 Å². The normalized spacial score (nSPS) is 18.2. The van der Waals surface area contributed by atoms with E-state index in [1.165, 1.54) is 6.07 Å². The molecule has 0 amide bonds. The van der Waals surface area contributed by atoms with E-state index in [0.29, 0.717) is 5.92 Å². The Balaban J connectivity index is 2.29. The number of methoxy groups -OCH3 is 1. The van der Waals surface area contributed by atoms with Gasteiger partial charge in [0.15, 0.2) is 0 Å². The van der Waals surface area contributed by atoms with Gasteiger partial charge in [-0.3, -0.25) is 4.90 Å². The van der Waals surface area contributed by atoms with Gasteiger partial charge in [0.05, 0.1) is 7.11 Å². The van der Waals surface area contributed by atoms with E-state index >= 15 is 0 Å². The van der Waals surface area contributed by atoms with Crippen molar-refractivity contribution in [2.75, 3.05) is 33.3 Å². The first kappa shape index (κ1) is 15.3. The molecule has 1 aliphatic rings. The van der Waals surface area contributed by atoms with Crippen LogP contribution in [0.1, 0.15) is 31.9 Å². The molecule has 3 nitrogen and oxygen atoms in total. The van der Waals surface area contributed by atoms with Crippen molar-refractivity contribution < 1.29 is 9.13 Å². The predicted molar refractivity (Wildman–Crippen MR) is 79.6 cm³/mol. The summed E-state index contributed by atoms with van der Waals surface area (Å²) < 4.78 is 19.5. The highest BCUT2D eigenvalue weighted by molar-refractivity contribution is 5.32. The summed E-state index contributed by atoms with van der Waals surface area (Å²) in [4.78, 5) is 2.38. The van der Waals surface area contributed by atoms with Gasteiger partial charge >= 0.3 is 0 Å². The quantitative estimate of drug-likeness (QED) is 0.897. The van der Waals surface area contributed by atoms with Crippen LogP contribution in [0.15, 0.2) is 18.2 Å². The van der Waals surface area contributed by atoms with Gasteiger partial charge in [0.25, 0.3) is 0 Å². The Morgan fingerprint density at radius 2 is 2.00 bits per heavy atom. The second-order valence-corrected chi connectivity index (χ2v) is 5.82. The van der Waals surface area contributed by atoms with E-state index in [0.717, 1.165) is 43.9 Å². The molecule has 0 aliphatic carbocycles. The minimum absolute atomic E-state index is 0.130. The highest BCUT2D eigenvalue weighted by atomic mass is 19.1. The molecular formula is C16H25FN2O. The van der Waals surface area contributed by atoms with Crippen LogP contribution in [0, 0.1) is 11.7 Å². The van der Waals surface area contributed by atoms with Gasteiger partial charge in [0.2, 0.25) is 0 Å². The molecule has 2 rings (SSSR count). The summed E-state index contributed by atoms with van der Waals surface area (Å²) in [6.45, 7) is 8.25. The molecule has 0 bridgehead atoms. The van der Waals surface area contributed by atoms with Gasteiger partial charge in [-0.1, -0.05) is 13.8 Å². The SMILES string of the molecule is COc1ccc(F)c([C@@H](CC(C)C)N2CCNCC2)c1. The summed E-state index contributed by atoms with van der Waals surface area (Å²) in [6.07, 6.45) is 0.962. The first-order chi connectivity index (χ1) is 9.61. The maximum atomic E-state index is 14.3. The summed E-state index contributed by atoms with van der Waals surface area (Å²) in [6, 6.07) is 5.18. The summed E-state index contributed by atoms with van der Waals surface area (Å²) in [5, 5.41) is 3.35. The van der Waals surface area contributed by atoms with Crippen molar-refractivity contribution in [2.24, 2.45) is 5.92 Å². The Bertz CT molecular complexity index is 430. The largest absolute Gasteiger partial charge is 0.497 e. The van der Waals surface area contributed by atoms with Crippen LogP contribution >= 0.6 is 0 Å². The molecule has 1 fully saturated rings. The number of benzene rings is 1. The second-order valence-electron chi connectivity index (χ2n) is 5.82. The number of nitrogens with one attached hydrogen (secondary N) is 1. The number of rotatable bonds is 5. The number of hydrogen-bond donors (Lipinski definition) is 1. The third kappa shape index (κ3) is 3.70. The van der Waals surface area contributed by atoms with Gasteiger partial charge in [-0.2, -0.15) is 0 Å². The third-order valence-electron chi connectivity index (χ3n) is 3.85. The van der Waals surface area contributed by atoms with Crippen molar-refractivity contribution in [3.8, 4) is 5.75 Å². The Morgan fingerprint density at radius 3 is 2.60 bits per heavy atom. The van der Waals surface area contributed by atoms with Crippen LogP contribution in [0.4, 0.5) is 4.39 Å². The van der Waals surface area contributed by atoms with Crippen molar-refractivity contribution in [2.45, 2.75) is 26.3 Å². The van der Waals surface area contributed by atoms with E-state index in [1.807, 2.05) is 6.07 Å². The van der Waals surface area contributed by atoms with E-state index in [-0.39, 0.29) is 11.9 Å². The van der Waals surface area contributed by atoms with E-state index in [2.05, 4.69) is 24.1 Å². The van der Waals surface area contributed by atoms with Crippen LogP contribution in [-0.2, 0) is 0 Å². The van der Waals surface area contributed by atoms with Gasteiger partial charge in [0, 0.05) is 37.8 Å². The lowest BCUT2D eigenvalue weighted by molar-refractivity contribution is 0.151. The molecule has 1 atom stereocenters. The molecule has 1 heterocycles. The van der Waals surface area contributed by atoms with Crippen molar-refractivity contribution in [3.05, 3.63) is 29.6 Å². The molecule has 1 saturated heterocycles. The lowest BCUT2D eigenvalue weighted by Crippen LogP contribution is -2.45. The van der Waals surface area contributed by atoms with E-state index in [4.69, 9.17) is 4.74 Å². The third-order valence-corrected chi connectivity index (χ3v) is 3.85. The fourth-order valence-electron chi connectivity index (χ4n) is 2.82. The predicted octanol–water partition coefficient (Wildman–Crippen LogP) is 2.83. The van der Waals surface area contributed by atoms with Crippen LogP contribution < -0.4 is 10.1 Å². The molecule has 1 aliphatic heterocycles. The minimum atomic E-state index is -0.130. The number of ether oxygens (including phenoxy) is 1. The zero-order valence-electron chi connectivity index (χ0n) is 12.7. The number of piperazine rings is 1. The minimum Gasteiger partial charge on any atom is -0.497 e. The summed E-state index contributed by atoms with van der Waals surface area (Å²) in [5.74, 6) is 1.13. The fourth-order valence-corrected chi connectivity index (χ4v) is 2.82. The molecule has 1 N–H and O–H groups in total. The van der Waals surface area contributed by atoms with Crippen molar-refractivity contribution >= 4 is 0 Å². The highest BCUT2D eigenvalue weighted by Crippen LogP contribution is 2.32. The molecule has 0 aromatic heterocycles. The van der Waals surface area contributed by atoms with Gasteiger partial charge in [0.1, 0.15) is 11.6 Å². The average molecular weight is 280 g/mol. The maximum absolute atomic E-state index is 14.3. The van der Waals surface area contributed by atoms with Crippen LogP contribution in [0.3, 0.4) is 0 Å². The molecular weight excluding hydrogens is 255 g/mol. The van der Waals surface area contributed by atoms with Gasteiger partial charge in [-0.25, -0.2) is 4.39 Å². The van der Waals surface area contributed by atoms with Gasteiger partial charge in [-0.05, 0) is 30.5 Å². The molecule has 0 radical (unpaired) electrons. The summed E-state index contributed by atoms with van der Waals surface area (Å²) >= 11 is 0. The first-order valence-corrected chi connectivity index (χ1v) is 7.40. The zero-order chi connectivity index (χ0) is 14.5. The Morgan fingerprint density at radius 1 is 1.30 bits per heavy atom. The molecule has 4 heteroatoms. The lowest BCUT2D eigenvalue weighted by atomic mass is 9.94. The Kier molecular flexibility index (Phi) is 5.38. The van der Waals surface area contributed by atoms with Crippen LogP contribution in [0.25, 0.3) is 0 Å². The molecule has 1 aromatic rings. The molecule has 0 unspecified atom stereocenters. The second kappa shape index (κ2) is 7.04. The molecule has 0 saturated carbocycles. The topological polar surface area (TPSA) is 24.5 Å². The van der Waals surface area contributed by atoms with E-state index < -0.39 is 0 Å². The first-order valence-electron chi connectivity index (χ1n) is 7.40. The van der Waals surface area contributed by atoms with Crippen LogP contribution in [0.2, 0.25) is 0 Å². The standard InChI is InChI=1S/C16H25FN2O/c1-12(2)10-16(19-8-6-18-7-9-19)14-11-13(20-3)4-5-15(14)17/h4-5,11-12,16,18H,6-10H2,1-3H3/t16-/m1/s1. The highest BCUT2D eigenvalue weighted by Gasteiger charge is 2.25. The van der Waals surface area contributed by atoms with Crippen LogP contribution in [0.5, 0.6) is 5.75 Å². The smallest absolute Gasteiger partial charge is 0.128 e. The number of hydrogen-bond acceptors (Lipinski definition) is 3. The van der Waals surface area contributed by atoms with E-state index in [1.54, 1.807) is 13.2 Å². The van der Waals surface area contributed by atoms with Crippen molar-refractivity contribution in [1.82, 2.24) is 10.2 Å². The maximum Gasteiger partial charge on any atom is 0.128 e. The Labute approximate surface area is 121 Å². The number of halogens is 1. The monoisotopic (exact) mass is 280 g/mol. The molecule has 0 spiro atoms. The van der Waals surface area contributed by atoms with Crippen LogP contribution in [-0.4, -0.2) is 38.2 Å². The number of nitrogens with zero attached hydrogens (tertiary/aromatic N) is 1. The zero-order valence-corrected chi connectivity index (χ0v) is 12.7. The summed E-state index contributed by atoms with van der Waals surface area (Å²) in [7, 11) is 1.62. The lowest BCUT2D eigenvalue weighted by Gasteiger charge is -2.36. The summed E-state index contributed by atoms with van der Waals surface area (Å²) in [5.41, 5.74) is 0.764. The van der Waals surface area contributed by atoms with E-state index in [9.17, 15) is 4.39 Å². The average Bonchev–Trinajstić information content (AvgIpc) is 2.46. The molecule has 20 heavy (non-hydrogen) atoms. The molecule has 1 aromatic carbocycles. The van der Waals surface area contributed by atoms with Gasteiger partial charge < -0.3 is 10.1 Å². The van der Waals surface area contributed by atoms with Gasteiger partial charge in [-0.15, -0.1) is 0 Å². The molecule has 112 valence electrons. The van der Waals surface area contributed by atoms with Crippen molar-refractivity contribution in [1.29, 1.82) is 0 Å². The fraction of sp³-hybridized carbons (Fsp3) is 0.625.